The highest BCUT2D eigenvalue weighted by Crippen LogP contribution is 2.36. The summed E-state index contributed by atoms with van der Waals surface area (Å²) in [6, 6.07) is 4.68. The normalized spacial score (nSPS) is 17.2. The molecule has 0 unspecified atom stereocenters. The number of sulfone groups is 1. The van der Waals surface area contributed by atoms with Gasteiger partial charge in [-0.25, -0.2) is 23.2 Å². The molecule has 1 aromatic heterocycles. The van der Waals surface area contributed by atoms with Crippen LogP contribution in [0.2, 0.25) is 5.02 Å². The Morgan fingerprint density at radius 3 is 2.43 bits per heavy atom. The van der Waals surface area contributed by atoms with Gasteiger partial charge in [-0.2, -0.15) is 0 Å². The highest BCUT2D eigenvalue weighted by Gasteiger charge is 2.37. The Kier molecular flexibility index (Phi) is 7.15. The monoisotopic (exact) mass is 522 g/mol. The van der Waals surface area contributed by atoms with E-state index in [9.17, 15) is 13.2 Å². The van der Waals surface area contributed by atoms with E-state index in [0.717, 1.165) is 0 Å². The lowest BCUT2D eigenvalue weighted by molar-refractivity contribution is 0.0122. The summed E-state index contributed by atoms with van der Waals surface area (Å²) in [5.74, 6) is 0.961. The lowest BCUT2D eigenvalue weighted by Gasteiger charge is -2.33. The maximum absolute atomic E-state index is 12.5. The molecule has 2 heterocycles. The third-order valence-electron chi connectivity index (χ3n) is 5.90. The first-order valence-electron chi connectivity index (χ1n) is 11.7. The molecule has 2 aromatic rings. The zero-order chi connectivity index (χ0) is 25.4. The average molecular weight is 523 g/mol. The van der Waals surface area contributed by atoms with Crippen molar-refractivity contribution in [3.8, 4) is 5.88 Å². The number of hydrogen-bond acceptors (Lipinski definition) is 8. The zero-order valence-corrected chi connectivity index (χ0v) is 21.9. The number of carbonyl (C=O) groups excluding carboxylic acids is 1. The van der Waals surface area contributed by atoms with Gasteiger partial charge in [-0.05, 0) is 58.7 Å². The summed E-state index contributed by atoms with van der Waals surface area (Å²) in [5.41, 5.74) is 0.716. The second-order valence-corrected chi connectivity index (χ2v) is 12.6. The Balaban J connectivity index is 1.39. The molecule has 1 amide bonds. The lowest BCUT2D eigenvalue weighted by Crippen LogP contribution is -2.44. The van der Waals surface area contributed by atoms with E-state index in [4.69, 9.17) is 21.1 Å². The Morgan fingerprint density at radius 1 is 1.14 bits per heavy atom. The molecule has 0 radical (unpaired) electrons. The van der Waals surface area contributed by atoms with Crippen LogP contribution in [0.25, 0.3) is 0 Å². The molecule has 190 valence electrons. The quantitative estimate of drug-likeness (QED) is 0.570. The van der Waals surface area contributed by atoms with Crippen LogP contribution in [0.1, 0.15) is 52.0 Å². The fraction of sp³-hybridized carbons (Fsp3) is 0.542. The van der Waals surface area contributed by atoms with E-state index < -0.39 is 15.4 Å². The van der Waals surface area contributed by atoms with Gasteiger partial charge in [0.1, 0.15) is 23.9 Å². The Morgan fingerprint density at radius 2 is 1.83 bits per heavy atom. The number of ether oxygens (including phenoxy) is 2. The molecule has 11 heteroatoms. The molecule has 1 aliphatic carbocycles. The summed E-state index contributed by atoms with van der Waals surface area (Å²) in [7, 11) is -3.32. The zero-order valence-electron chi connectivity index (χ0n) is 20.4. The van der Waals surface area contributed by atoms with Gasteiger partial charge in [0.15, 0.2) is 9.84 Å². The van der Waals surface area contributed by atoms with E-state index in [1.807, 2.05) is 27.7 Å². The lowest BCUT2D eigenvalue weighted by atomic mass is 10.1. The minimum atomic E-state index is -3.32. The van der Waals surface area contributed by atoms with Crippen molar-refractivity contribution in [2.75, 3.05) is 18.4 Å². The molecule has 4 rings (SSSR count). The van der Waals surface area contributed by atoms with Crippen LogP contribution in [0.3, 0.4) is 0 Å². The van der Waals surface area contributed by atoms with Crippen molar-refractivity contribution in [3.05, 3.63) is 35.1 Å². The Labute approximate surface area is 211 Å². The number of piperidine rings is 1. The van der Waals surface area contributed by atoms with Crippen LogP contribution in [-0.4, -0.2) is 59.4 Å². The van der Waals surface area contributed by atoms with Crippen molar-refractivity contribution >= 4 is 39.0 Å². The summed E-state index contributed by atoms with van der Waals surface area (Å²) in [6.45, 7) is 8.47. The van der Waals surface area contributed by atoms with E-state index in [0.29, 0.717) is 66.7 Å². The Bertz CT molecular complexity index is 1200. The maximum atomic E-state index is 12.5. The number of benzene rings is 1. The largest absolute Gasteiger partial charge is 0.474 e. The number of aromatic nitrogens is 2. The summed E-state index contributed by atoms with van der Waals surface area (Å²) in [4.78, 5) is 22.8. The first-order chi connectivity index (χ1) is 16.4. The smallest absolute Gasteiger partial charge is 0.410 e. The van der Waals surface area contributed by atoms with Crippen molar-refractivity contribution in [2.24, 2.45) is 0 Å². The number of anilines is 2. The van der Waals surface area contributed by atoms with Gasteiger partial charge in [-0.1, -0.05) is 11.6 Å². The number of nitrogens with zero attached hydrogens (tertiary/aromatic N) is 3. The number of hydrogen-bond donors (Lipinski definition) is 1. The predicted molar refractivity (Wildman–Crippen MR) is 133 cm³/mol. The van der Waals surface area contributed by atoms with Crippen LogP contribution in [0.15, 0.2) is 29.4 Å². The van der Waals surface area contributed by atoms with Crippen molar-refractivity contribution in [2.45, 2.75) is 75.2 Å². The molecule has 1 saturated heterocycles. The first kappa shape index (κ1) is 25.5. The molecule has 1 aliphatic heterocycles. The van der Waals surface area contributed by atoms with Gasteiger partial charge in [-0.15, -0.1) is 0 Å². The molecule has 1 N–H and O–H groups in total. The van der Waals surface area contributed by atoms with Crippen LogP contribution < -0.4 is 10.1 Å². The van der Waals surface area contributed by atoms with Crippen molar-refractivity contribution < 1.29 is 22.7 Å². The maximum Gasteiger partial charge on any atom is 0.410 e. The SMILES string of the molecule is Cc1c(Nc2ccc(S(=O)(=O)C3CC3)cc2Cl)ncnc1OC1CCN(C(=O)OC(C)(C)C)CC1. The van der Waals surface area contributed by atoms with Crippen LogP contribution in [0.4, 0.5) is 16.3 Å². The van der Waals surface area contributed by atoms with E-state index in [2.05, 4.69) is 15.3 Å². The number of halogens is 1. The molecule has 0 spiro atoms. The molecule has 1 aromatic carbocycles. The summed E-state index contributed by atoms with van der Waals surface area (Å²) in [5, 5.41) is 3.16. The predicted octanol–water partition coefficient (Wildman–Crippen LogP) is 4.90. The van der Waals surface area contributed by atoms with Gasteiger partial charge in [0.2, 0.25) is 5.88 Å². The number of carbonyl (C=O) groups is 1. The van der Waals surface area contributed by atoms with Crippen LogP contribution in [-0.2, 0) is 14.6 Å². The van der Waals surface area contributed by atoms with Gasteiger partial charge in [0, 0.05) is 25.9 Å². The third kappa shape index (κ3) is 6.16. The highest BCUT2D eigenvalue weighted by atomic mass is 35.5. The van der Waals surface area contributed by atoms with Crippen molar-refractivity contribution in [1.29, 1.82) is 0 Å². The van der Waals surface area contributed by atoms with Crippen molar-refractivity contribution in [3.63, 3.8) is 0 Å². The number of likely N-dealkylation sites (tertiary alicyclic amines) is 1. The molecule has 2 aliphatic rings. The van der Waals surface area contributed by atoms with E-state index >= 15 is 0 Å². The number of amides is 1. The first-order valence-corrected chi connectivity index (χ1v) is 13.6. The molecule has 0 bridgehead atoms. The van der Waals surface area contributed by atoms with Gasteiger partial charge in [0.25, 0.3) is 0 Å². The average Bonchev–Trinajstić information content (AvgIpc) is 3.63. The topological polar surface area (TPSA) is 111 Å². The molecule has 0 atom stereocenters. The molecule has 9 nitrogen and oxygen atoms in total. The van der Waals surface area contributed by atoms with E-state index in [1.54, 1.807) is 17.0 Å². The summed E-state index contributed by atoms with van der Waals surface area (Å²) >= 11 is 6.39. The highest BCUT2D eigenvalue weighted by molar-refractivity contribution is 7.92. The van der Waals surface area contributed by atoms with Crippen molar-refractivity contribution in [1.82, 2.24) is 14.9 Å². The number of nitrogens with one attached hydrogen (secondary N) is 1. The number of rotatable bonds is 6. The van der Waals surface area contributed by atoms with Gasteiger partial charge >= 0.3 is 6.09 Å². The molecular formula is C24H31ClN4O5S. The fourth-order valence-corrected chi connectivity index (χ4v) is 5.77. The molecular weight excluding hydrogens is 492 g/mol. The summed E-state index contributed by atoms with van der Waals surface area (Å²) < 4.78 is 36.5. The second kappa shape index (κ2) is 9.81. The van der Waals surface area contributed by atoms with E-state index in [-0.39, 0.29) is 22.3 Å². The standard InChI is InChI=1S/C24H31ClN4O5S/c1-15-21(28-20-8-7-18(13-19(20)25)35(31,32)17-5-6-17)26-14-27-22(15)33-16-9-11-29(12-10-16)23(30)34-24(2,3)4/h7-8,13-14,16-17H,5-6,9-12H2,1-4H3,(H,26,27,28). The molecule has 1 saturated carbocycles. The fourth-order valence-electron chi connectivity index (χ4n) is 3.79. The van der Waals surface area contributed by atoms with E-state index in [1.165, 1.54) is 12.4 Å². The third-order valence-corrected chi connectivity index (χ3v) is 8.47. The minimum Gasteiger partial charge on any atom is -0.474 e. The van der Waals surface area contributed by atoms with Crippen LogP contribution in [0, 0.1) is 6.92 Å². The molecule has 2 fully saturated rings. The second-order valence-electron chi connectivity index (χ2n) is 9.95. The van der Waals surface area contributed by atoms with Gasteiger partial charge in [0.05, 0.1) is 26.4 Å². The minimum absolute atomic E-state index is 0.0920. The van der Waals surface area contributed by atoms with Gasteiger partial charge < -0.3 is 19.7 Å². The Hall–Kier alpha value is -2.59. The van der Waals surface area contributed by atoms with Crippen LogP contribution >= 0.6 is 11.6 Å². The summed E-state index contributed by atoms with van der Waals surface area (Å²) in [6.07, 6.45) is 3.72. The molecule has 35 heavy (non-hydrogen) atoms. The van der Waals surface area contributed by atoms with Gasteiger partial charge in [-0.3, -0.25) is 0 Å². The van der Waals surface area contributed by atoms with Crippen LogP contribution in [0.5, 0.6) is 5.88 Å².